The fraction of sp³-hybridized carbons (Fsp3) is 0.0952. The Kier molecular flexibility index (Phi) is 3.83. The Labute approximate surface area is 165 Å². The van der Waals surface area contributed by atoms with Crippen LogP contribution in [0.25, 0.3) is 33.1 Å². The molecule has 3 heterocycles. The van der Waals surface area contributed by atoms with E-state index in [-0.39, 0.29) is 5.91 Å². The number of rotatable bonds is 3. The Morgan fingerprint density at radius 1 is 0.966 bits per heavy atom. The van der Waals surface area contributed by atoms with E-state index >= 15 is 0 Å². The minimum Gasteiger partial charge on any atom is -0.334 e. The Balaban J connectivity index is 1.45. The molecule has 8 nitrogen and oxygen atoms in total. The van der Waals surface area contributed by atoms with E-state index in [9.17, 15) is 4.79 Å². The molecule has 29 heavy (non-hydrogen) atoms. The van der Waals surface area contributed by atoms with Gasteiger partial charge in [-0.25, -0.2) is 4.98 Å². The maximum Gasteiger partial charge on any atom is 0.256 e. The summed E-state index contributed by atoms with van der Waals surface area (Å²) in [7, 11) is 3.80. The van der Waals surface area contributed by atoms with Crippen LogP contribution in [0.4, 0.5) is 5.82 Å². The largest absolute Gasteiger partial charge is 0.334 e. The second-order valence-electron chi connectivity index (χ2n) is 6.92. The number of carbonyl (C=O) groups excluding carboxylic acids is 1. The number of nitrogens with zero attached hydrogens (tertiary/aromatic N) is 6. The molecular weight excluding hydrogens is 366 g/mol. The maximum atomic E-state index is 12.7. The van der Waals surface area contributed by atoms with Gasteiger partial charge >= 0.3 is 0 Å². The molecule has 1 N–H and O–H groups in total. The number of imidazole rings is 1. The lowest BCUT2D eigenvalue weighted by molar-refractivity contribution is 0.102. The first kappa shape index (κ1) is 17.1. The summed E-state index contributed by atoms with van der Waals surface area (Å²) in [5.41, 5.74) is 5.05. The van der Waals surface area contributed by atoms with Crippen LogP contribution >= 0.6 is 0 Å². The molecule has 0 bridgehead atoms. The topological polar surface area (TPSA) is 90.5 Å². The van der Waals surface area contributed by atoms with Crippen molar-refractivity contribution in [3.05, 3.63) is 66.7 Å². The summed E-state index contributed by atoms with van der Waals surface area (Å²) < 4.78 is 3.67. The number of carbonyl (C=O) groups is 1. The van der Waals surface area contributed by atoms with Crippen LogP contribution in [0.3, 0.4) is 0 Å². The van der Waals surface area contributed by atoms with Gasteiger partial charge in [0.2, 0.25) is 0 Å². The molecule has 0 atom stereocenters. The summed E-state index contributed by atoms with van der Waals surface area (Å²) in [5, 5.41) is 16.3. The molecule has 5 aromatic rings. The van der Waals surface area contributed by atoms with Crippen LogP contribution in [-0.2, 0) is 14.1 Å². The van der Waals surface area contributed by atoms with Crippen LogP contribution in [0.5, 0.6) is 0 Å². The average Bonchev–Trinajstić information content (AvgIpc) is 3.33. The van der Waals surface area contributed by atoms with Gasteiger partial charge in [-0.1, -0.05) is 6.07 Å². The summed E-state index contributed by atoms with van der Waals surface area (Å²) in [6, 6.07) is 13.1. The zero-order valence-corrected chi connectivity index (χ0v) is 15.9. The van der Waals surface area contributed by atoms with Gasteiger partial charge in [0.05, 0.1) is 29.1 Å². The van der Waals surface area contributed by atoms with Gasteiger partial charge in [-0.2, -0.15) is 5.10 Å². The number of hydrogen-bond acceptors (Lipinski definition) is 5. The zero-order valence-electron chi connectivity index (χ0n) is 15.9. The number of hydrogen-bond donors (Lipinski definition) is 1. The van der Waals surface area contributed by atoms with Crippen LogP contribution < -0.4 is 5.32 Å². The van der Waals surface area contributed by atoms with E-state index in [4.69, 9.17) is 0 Å². The Bertz CT molecular complexity index is 1380. The van der Waals surface area contributed by atoms with Gasteiger partial charge in [0.1, 0.15) is 0 Å². The molecule has 0 unspecified atom stereocenters. The fourth-order valence-corrected chi connectivity index (χ4v) is 3.32. The monoisotopic (exact) mass is 383 g/mol. The number of benzene rings is 2. The first-order valence-electron chi connectivity index (χ1n) is 9.06. The van der Waals surface area contributed by atoms with Crippen molar-refractivity contribution in [2.75, 3.05) is 5.32 Å². The molecule has 3 aromatic heterocycles. The molecule has 0 aliphatic carbocycles. The number of aryl methyl sites for hydroxylation is 2. The summed E-state index contributed by atoms with van der Waals surface area (Å²) in [6.45, 7) is 0. The lowest BCUT2D eigenvalue weighted by Crippen LogP contribution is -2.13. The van der Waals surface area contributed by atoms with E-state index in [2.05, 4.69) is 25.6 Å². The van der Waals surface area contributed by atoms with Gasteiger partial charge in [-0.15, -0.1) is 10.2 Å². The Morgan fingerprint density at radius 3 is 2.69 bits per heavy atom. The second-order valence-corrected chi connectivity index (χ2v) is 6.92. The van der Waals surface area contributed by atoms with Crippen molar-refractivity contribution in [2.45, 2.75) is 0 Å². The fourth-order valence-electron chi connectivity index (χ4n) is 3.32. The molecule has 0 saturated carbocycles. The van der Waals surface area contributed by atoms with Gasteiger partial charge in [0.25, 0.3) is 5.91 Å². The number of nitrogens with one attached hydrogen (secondary N) is 1. The van der Waals surface area contributed by atoms with Crippen molar-refractivity contribution in [1.82, 2.24) is 29.5 Å². The molecular formula is C21H17N7O. The first-order valence-corrected chi connectivity index (χ1v) is 9.06. The van der Waals surface area contributed by atoms with Crippen molar-refractivity contribution < 1.29 is 4.79 Å². The predicted octanol–water partition coefficient (Wildman–Crippen LogP) is 3.17. The first-order chi connectivity index (χ1) is 14.1. The highest BCUT2D eigenvalue weighted by molar-refractivity contribution is 6.06. The third kappa shape index (κ3) is 3.10. The normalized spacial score (nSPS) is 11.2. The molecule has 5 rings (SSSR count). The highest BCUT2D eigenvalue weighted by atomic mass is 16.1. The van der Waals surface area contributed by atoms with Gasteiger partial charge < -0.3 is 9.88 Å². The smallest absolute Gasteiger partial charge is 0.256 e. The van der Waals surface area contributed by atoms with E-state index in [1.165, 1.54) is 0 Å². The van der Waals surface area contributed by atoms with Crippen LogP contribution in [0.2, 0.25) is 0 Å². The summed E-state index contributed by atoms with van der Waals surface area (Å²) >= 11 is 0. The maximum absolute atomic E-state index is 12.7. The van der Waals surface area contributed by atoms with Crippen molar-refractivity contribution in [1.29, 1.82) is 0 Å². The van der Waals surface area contributed by atoms with Gasteiger partial charge in [-0.05, 0) is 42.0 Å². The number of fused-ring (bicyclic) bond motifs is 2. The summed E-state index contributed by atoms with van der Waals surface area (Å²) in [6.07, 6.45) is 5.49. The number of anilines is 1. The van der Waals surface area contributed by atoms with Crippen LogP contribution in [-0.4, -0.2) is 35.4 Å². The van der Waals surface area contributed by atoms with Gasteiger partial charge in [0, 0.05) is 36.8 Å². The average molecular weight is 383 g/mol. The lowest BCUT2D eigenvalue weighted by Gasteiger charge is -2.06. The molecule has 0 radical (unpaired) electrons. The molecule has 2 aromatic carbocycles. The zero-order chi connectivity index (χ0) is 20.0. The minimum atomic E-state index is -0.255. The molecule has 0 saturated heterocycles. The molecule has 0 aliphatic rings. The van der Waals surface area contributed by atoms with Crippen LogP contribution in [0.1, 0.15) is 10.4 Å². The van der Waals surface area contributed by atoms with E-state index in [1.807, 2.05) is 61.4 Å². The molecule has 0 spiro atoms. The molecule has 0 aliphatic heterocycles. The molecule has 0 fully saturated rings. The van der Waals surface area contributed by atoms with Crippen molar-refractivity contribution in [3.8, 4) is 11.1 Å². The summed E-state index contributed by atoms with van der Waals surface area (Å²) in [5.74, 6) is 0.140. The van der Waals surface area contributed by atoms with Crippen molar-refractivity contribution in [3.63, 3.8) is 0 Å². The minimum absolute atomic E-state index is 0.255. The van der Waals surface area contributed by atoms with Crippen LogP contribution in [0, 0.1) is 0 Å². The van der Waals surface area contributed by atoms with E-state index in [0.717, 1.165) is 33.1 Å². The van der Waals surface area contributed by atoms with Crippen molar-refractivity contribution >= 4 is 33.7 Å². The Hall–Kier alpha value is -4.07. The predicted molar refractivity (Wildman–Crippen MR) is 110 cm³/mol. The highest BCUT2D eigenvalue weighted by Crippen LogP contribution is 2.24. The number of amides is 1. The third-order valence-electron chi connectivity index (χ3n) is 4.85. The highest BCUT2D eigenvalue weighted by Gasteiger charge is 2.11. The van der Waals surface area contributed by atoms with Gasteiger partial charge in [-0.3, -0.25) is 9.48 Å². The van der Waals surface area contributed by atoms with Gasteiger partial charge in [0.15, 0.2) is 5.82 Å². The number of aromatic nitrogens is 6. The molecule has 142 valence electrons. The van der Waals surface area contributed by atoms with E-state index in [1.54, 1.807) is 23.1 Å². The Morgan fingerprint density at radius 2 is 1.86 bits per heavy atom. The van der Waals surface area contributed by atoms with E-state index < -0.39 is 0 Å². The van der Waals surface area contributed by atoms with E-state index in [0.29, 0.717) is 11.4 Å². The SMILES string of the molecule is Cn1cc(-c2ccc3nnc(NC(=O)c4ccc5c(c4)ncn5C)cc3c2)cn1. The quantitative estimate of drug-likeness (QED) is 0.517. The molecule has 1 amide bonds. The molecule has 8 heteroatoms. The summed E-state index contributed by atoms with van der Waals surface area (Å²) in [4.78, 5) is 17.0. The standard InChI is InChI=1S/C21H17N7O/c1-27-12-22-18-8-14(4-6-19(18)27)21(29)24-20-9-15-7-13(3-5-17(15)25-26-20)16-10-23-28(2)11-16/h3-12H,1-2H3,(H,24,26,29). The lowest BCUT2D eigenvalue weighted by atomic mass is 10.1. The van der Waals surface area contributed by atoms with Crippen LogP contribution in [0.15, 0.2) is 61.2 Å². The van der Waals surface area contributed by atoms with Crippen molar-refractivity contribution in [2.24, 2.45) is 14.1 Å². The third-order valence-corrected chi connectivity index (χ3v) is 4.85. The second kappa shape index (κ2) is 6.52.